The summed E-state index contributed by atoms with van der Waals surface area (Å²) < 4.78 is 42.3. The summed E-state index contributed by atoms with van der Waals surface area (Å²) in [5.74, 6) is -0.873. The van der Waals surface area contributed by atoms with E-state index >= 15 is 0 Å². The number of carbonyl (C=O) groups is 1. The van der Waals surface area contributed by atoms with Crippen molar-refractivity contribution in [2.24, 2.45) is 0 Å². The van der Waals surface area contributed by atoms with Crippen LogP contribution < -0.4 is 10.0 Å². The Hall–Kier alpha value is -1.99. The molecule has 4 rings (SSSR count). The van der Waals surface area contributed by atoms with Crippen LogP contribution in [0.1, 0.15) is 45.4 Å². The number of anilines is 2. The molecule has 1 aliphatic heterocycles. The largest absolute Gasteiger partial charge is 0.483 e. The minimum Gasteiger partial charge on any atom is -0.483 e. The molecule has 2 aliphatic rings. The number of benzene rings is 1. The number of piperidine rings is 1. The van der Waals surface area contributed by atoms with E-state index in [9.17, 15) is 17.9 Å². The molecule has 1 aliphatic carbocycles. The Morgan fingerprint density at radius 1 is 1.29 bits per heavy atom. The Bertz CT molecular complexity index is 1090. The van der Waals surface area contributed by atoms with E-state index in [0.717, 1.165) is 75.1 Å². The lowest BCUT2D eigenvalue weighted by Gasteiger charge is -2.45. The summed E-state index contributed by atoms with van der Waals surface area (Å²) in [4.78, 5) is 14.1. The Balaban J connectivity index is 0.00000108. The van der Waals surface area contributed by atoms with Crippen molar-refractivity contribution in [1.29, 1.82) is 0 Å². The lowest BCUT2D eigenvalue weighted by atomic mass is 9.85. The van der Waals surface area contributed by atoms with Crippen molar-refractivity contribution in [3.05, 3.63) is 34.5 Å². The molecule has 13 heteroatoms. The van der Waals surface area contributed by atoms with Gasteiger partial charge in [0.25, 0.3) is 16.5 Å². The highest BCUT2D eigenvalue weighted by atomic mass is 35.5. The number of aromatic nitrogens is 1. The van der Waals surface area contributed by atoms with E-state index in [1.54, 1.807) is 5.38 Å². The Morgan fingerprint density at radius 2 is 1.94 bits per heavy atom. The molecule has 194 valence electrons. The van der Waals surface area contributed by atoms with Crippen LogP contribution in [0.15, 0.2) is 28.6 Å². The van der Waals surface area contributed by atoms with Gasteiger partial charge in [0.05, 0.1) is 16.3 Å². The van der Waals surface area contributed by atoms with Crippen molar-refractivity contribution < 1.29 is 27.8 Å². The number of thiazole rings is 1. The van der Waals surface area contributed by atoms with Crippen LogP contribution in [0.25, 0.3) is 0 Å². The molecule has 0 spiro atoms. The lowest BCUT2D eigenvalue weighted by Crippen LogP contribution is -2.53. The fourth-order valence-corrected chi connectivity index (χ4v) is 6.70. The minimum atomic E-state index is -4.15. The topological polar surface area (TPSA) is 132 Å². The van der Waals surface area contributed by atoms with Gasteiger partial charge in [0.2, 0.25) is 0 Å². The van der Waals surface area contributed by atoms with Crippen LogP contribution in [-0.2, 0) is 14.8 Å². The van der Waals surface area contributed by atoms with Gasteiger partial charge in [-0.2, -0.15) is 0 Å². The minimum absolute atomic E-state index is 0.0691. The molecule has 1 aromatic heterocycles. The number of sulfonamides is 1. The molecule has 1 saturated carbocycles. The van der Waals surface area contributed by atoms with Gasteiger partial charge < -0.3 is 15.5 Å². The number of nitrogens with one attached hydrogen (secondary N) is 2. The van der Waals surface area contributed by atoms with Gasteiger partial charge in [-0.3, -0.25) is 14.4 Å². The fraction of sp³-hybridized carbons (Fsp3) is 0.545. The predicted molar refractivity (Wildman–Crippen MR) is 134 cm³/mol. The van der Waals surface area contributed by atoms with Crippen molar-refractivity contribution in [3.63, 3.8) is 0 Å². The molecular weight excluding hydrogens is 519 g/mol. The van der Waals surface area contributed by atoms with Gasteiger partial charge in [-0.05, 0) is 44.7 Å². The number of aliphatic hydroxyl groups is 1. The van der Waals surface area contributed by atoms with Gasteiger partial charge in [0, 0.05) is 36.8 Å². The van der Waals surface area contributed by atoms with Gasteiger partial charge in [-0.1, -0.05) is 24.4 Å². The average Bonchev–Trinajstić information content (AvgIpc) is 3.29. The Kier molecular flexibility index (Phi) is 9.33. The first-order chi connectivity index (χ1) is 16.6. The molecule has 9 nitrogen and oxygen atoms in total. The highest BCUT2D eigenvalue weighted by molar-refractivity contribution is 7.93. The van der Waals surface area contributed by atoms with Gasteiger partial charge >= 0.3 is 0 Å². The third-order valence-electron chi connectivity index (χ3n) is 6.38. The maximum absolute atomic E-state index is 14.9. The van der Waals surface area contributed by atoms with Crippen LogP contribution in [0.3, 0.4) is 0 Å². The number of nitrogens with zero attached hydrogens (tertiary/aromatic N) is 2. The Morgan fingerprint density at radius 3 is 2.57 bits per heavy atom. The van der Waals surface area contributed by atoms with E-state index in [4.69, 9.17) is 21.5 Å². The monoisotopic (exact) mass is 548 g/mol. The van der Waals surface area contributed by atoms with E-state index < -0.39 is 26.3 Å². The number of carboxylic acid groups (broad SMARTS) is 1. The molecule has 2 atom stereocenters. The number of hydrogen-bond donors (Lipinski definition) is 4. The molecule has 0 amide bonds. The number of hydrogen-bond acceptors (Lipinski definition) is 8. The zero-order valence-corrected chi connectivity index (χ0v) is 21.7. The second-order valence-corrected chi connectivity index (χ2v) is 11.9. The van der Waals surface area contributed by atoms with E-state index in [2.05, 4.69) is 19.9 Å². The summed E-state index contributed by atoms with van der Waals surface area (Å²) in [6.45, 7) is 3.26. The fourth-order valence-electron chi connectivity index (χ4n) is 4.54. The SMILES string of the molecule is CC1(O)CCN([C@H]2CCCC[C@@H]2Nc2cc(F)c(S(=O)(=O)Nc3nccs3)cc2Cl)CC1.O=CO. The van der Waals surface area contributed by atoms with Gasteiger partial charge in [0.1, 0.15) is 10.7 Å². The highest BCUT2D eigenvalue weighted by Crippen LogP contribution is 2.34. The summed E-state index contributed by atoms with van der Waals surface area (Å²) >= 11 is 7.50. The van der Waals surface area contributed by atoms with Crippen molar-refractivity contribution >= 4 is 50.3 Å². The average molecular weight is 549 g/mol. The molecular formula is C22H30ClFN4O5S2. The van der Waals surface area contributed by atoms with Crippen LogP contribution >= 0.6 is 22.9 Å². The molecule has 2 fully saturated rings. The van der Waals surface area contributed by atoms with Gasteiger partial charge in [0.15, 0.2) is 5.13 Å². The van der Waals surface area contributed by atoms with Crippen LogP contribution in [0.5, 0.6) is 0 Å². The molecule has 0 bridgehead atoms. The zero-order chi connectivity index (χ0) is 25.6. The van der Waals surface area contributed by atoms with Gasteiger partial charge in [-0.15, -0.1) is 11.3 Å². The van der Waals surface area contributed by atoms with Gasteiger partial charge in [-0.25, -0.2) is 17.8 Å². The summed E-state index contributed by atoms with van der Waals surface area (Å²) in [5, 5.41) is 22.5. The van der Waals surface area contributed by atoms with Crippen molar-refractivity contribution in [2.45, 2.75) is 68.0 Å². The predicted octanol–water partition coefficient (Wildman–Crippen LogP) is 4.01. The van der Waals surface area contributed by atoms with Crippen LogP contribution in [0.4, 0.5) is 15.2 Å². The van der Waals surface area contributed by atoms with E-state index in [0.29, 0.717) is 5.69 Å². The summed E-state index contributed by atoms with van der Waals surface area (Å²) in [7, 11) is -4.15. The van der Waals surface area contributed by atoms with Crippen molar-refractivity contribution in [1.82, 2.24) is 9.88 Å². The molecule has 4 N–H and O–H groups in total. The van der Waals surface area contributed by atoms with Crippen molar-refractivity contribution in [3.8, 4) is 0 Å². The number of halogens is 2. The summed E-state index contributed by atoms with van der Waals surface area (Å²) in [5.41, 5.74) is -0.229. The smallest absolute Gasteiger partial charge is 0.290 e. The molecule has 35 heavy (non-hydrogen) atoms. The zero-order valence-electron chi connectivity index (χ0n) is 19.3. The maximum atomic E-state index is 14.9. The second-order valence-electron chi connectivity index (χ2n) is 8.95. The molecule has 1 aromatic carbocycles. The first-order valence-corrected chi connectivity index (χ1v) is 14.0. The normalized spacial score (nSPS) is 22.5. The quantitative estimate of drug-likeness (QED) is 0.398. The summed E-state index contributed by atoms with van der Waals surface area (Å²) in [6, 6.07) is 2.63. The van der Waals surface area contributed by atoms with Crippen molar-refractivity contribution in [2.75, 3.05) is 23.1 Å². The molecule has 0 radical (unpaired) electrons. The molecule has 1 saturated heterocycles. The van der Waals surface area contributed by atoms with Crippen LogP contribution in [-0.4, -0.2) is 65.8 Å². The molecule has 0 unspecified atom stereocenters. The standard InChI is InChI=1S/C21H28ClFN4O3S2.CH2O2/c1-21(28)6-9-27(10-7-21)18-5-3-2-4-16(18)25-17-13-15(23)19(12-14(17)22)32(29,30)26-20-24-8-11-31-20;2-1-3/h8,11-13,16,18,25,28H,2-7,9-10H2,1H3,(H,24,26);1H,(H,2,3)/t16-,18-;/m0./s1. The summed E-state index contributed by atoms with van der Waals surface area (Å²) in [6.07, 6.45) is 7.03. The van der Waals surface area contributed by atoms with E-state index in [1.165, 1.54) is 6.20 Å². The Labute approximate surface area is 213 Å². The molecule has 2 aromatic rings. The highest BCUT2D eigenvalue weighted by Gasteiger charge is 2.36. The number of likely N-dealkylation sites (tertiary alicyclic amines) is 1. The molecule has 2 heterocycles. The first-order valence-electron chi connectivity index (χ1n) is 11.3. The van der Waals surface area contributed by atoms with E-state index in [-0.39, 0.29) is 28.7 Å². The van der Waals surface area contributed by atoms with Crippen LogP contribution in [0.2, 0.25) is 5.02 Å². The third-order valence-corrected chi connectivity index (χ3v) is 8.86. The van der Waals surface area contributed by atoms with E-state index in [1.807, 2.05) is 6.92 Å². The first kappa shape index (κ1) is 27.6. The third kappa shape index (κ3) is 7.26. The maximum Gasteiger partial charge on any atom is 0.290 e. The lowest BCUT2D eigenvalue weighted by molar-refractivity contribution is -0.122. The van der Waals surface area contributed by atoms with Crippen LogP contribution in [0, 0.1) is 5.82 Å². The number of rotatable bonds is 6. The second kappa shape index (κ2) is 11.8.